The lowest BCUT2D eigenvalue weighted by atomic mass is 10.1. The Morgan fingerprint density at radius 1 is 0.480 bits per heavy atom. The molecule has 0 fully saturated rings. The van der Waals surface area contributed by atoms with E-state index in [1.54, 1.807) is 0 Å². The lowest BCUT2D eigenvalue weighted by molar-refractivity contribution is -0.870. The minimum absolute atomic E-state index is 0.0325. The van der Waals surface area contributed by atoms with E-state index in [0.29, 0.717) is 17.4 Å². The number of nitrogens with one attached hydrogen (secondary N) is 1. The van der Waals surface area contributed by atoms with Crippen molar-refractivity contribution in [1.29, 1.82) is 0 Å². The maximum Gasteiger partial charge on any atom is 0.472 e. The molecular weight excluding hydrogens is 952 g/mol. The number of hydrogen-bond acceptors (Lipinski definition) is 6. The largest absolute Gasteiger partial charge is 0.472 e. The second-order valence-corrected chi connectivity index (χ2v) is 23.4. The first kappa shape index (κ1) is 72.2. The summed E-state index contributed by atoms with van der Waals surface area (Å²) in [6.07, 6.45) is 71.5. The number of esters is 1. The van der Waals surface area contributed by atoms with Gasteiger partial charge in [-0.1, -0.05) is 235 Å². The molecule has 0 aliphatic heterocycles. The van der Waals surface area contributed by atoms with Crippen LogP contribution in [0.15, 0.2) is 85.1 Å². The van der Waals surface area contributed by atoms with Gasteiger partial charge in [0.05, 0.1) is 33.8 Å². The van der Waals surface area contributed by atoms with Crippen LogP contribution in [0, 0.1) is 0 Å². The minimum atomic E-state index is -4.46. The Hall–Kier alpha value is -2.81. The predicted octanol–water partition coefficient (Wildman–Crippen LogP) is 19.0. The molecule has 10 heteroatoms. The van der Waals surface area contributed by atoms with Gasteiger partial charge in [-0.3, -0.25) is 18.6 Å². The van der Waals surface area contributed by atoms with E-state index in [2.05, 4.69) is 99.0 Å². The summed E-state index contributed by atoms with van der Waals surface area (Å²) in [5.41, 5.74) is 0. The fraction of sp³-hybridized carbons (Fsp3) is 0.754. The molecule has 0 aromatic carbocycles. The number of quaternary nitrogens is 1. The highest BCUT2D eigenvalue weighted by atomic mass is 31.2. The highest BCUT2D eigenvalue weighted by Crippen LogP contribution is 2.43. The number of carbonyl (C=O) groups is 2. The summed E-state index contributed by atoms with van der Waals surface area (Å²) in [6, 6.07) is -0.862. The summed E-state index contributed by atoms with van der Waals surface area (Å²) < 4.78 is 30.6. The van der Waals surface area contributed by atoms with Crippen LogP contribution in [-0.4, -0.2) is 74.3 Å². The Labute approximate surface area is 463 Å². The number of likely N-dealkylation sites (N-methyl/N-ethyl adjacent to an activating group) is 1. The van der Waals surface area contributed by atoms with E-state index in [4.69, 9.17) is 13.8 Å². The number of allylic oxidation sites excluding steroid dienone is 13. The number of rotatable bonds is 55. The molecule has 0 radical (unpaired) electrons. The zero-order chi connectivity index (χ0) is 55.0. The van der Waals surface area contributed by atoms with Crippen LogP contribution in [0.1, 0.15) is 265 Å². The van der Waals surface area contributed by atoms with Gasteiger partial charge in [0.2, 0.25) is 5.91 Å². The Morgan fingerprint density at radius 2 is 0.853 bits per heavy atom. The van der Waals surface area contributed by atoms with Gasteiger partial charge in [-0.15, -0.1) is 0 Å². The molecule has 0 bridgehead atoms. The molecule has 9 nitrogen and oxygen atoms in total. The quantitative estimate of drug-likeness (QED) is 0.0156. The number of carbonyl (C=O) groups excluding carboxylic acids is 2. The first-order valence-corrected chi connectivity index (χ1v) is 32.4. The molecule has 3 atom stereocenters. The van der Waals surface area contributed by atoms with E-state index in [9.17, 15) is 19.0 Å². The predicted molar refractivity (Wildman–Crippen MR) is 323 cm³/mol. The van der Waals surface area contributed by atoms with Crippen molar-refractivity contribution < 1.29 is 37.3 Å². The summed E-state index contributed by atoms with van der Waals surface area (Å²) in [5.74, 6) is -0.533. The topological polar surface area (TPSA) is 111 Å². The van der Waals surface area contributed by atoms with Crippen molar-refractivity contribution in [2.24, 2.45) is 0 Å². The SMILES string of the molecule is CCCCC/C=C\C/C=C\C/C=C\C/C=C\CCCCCCCCCC(=O)OC(/C=C\CCCCCCCCCCC)C(COP(=O)(O)OCC[N+](C)(C)C)NC(=O)CCCCCCCC/C=C/C=C/CCCCC. The summed E-state index contributed by atoms with van der Waals surface area (Å²) in [5, 5.41) is 3.04. The average Bonchev–Trinajstić information content (AvgIpc) is 3.37. The minimum Gasteiger partial charge on any atom is -0.456 e. The Morgan fingerprint density at radius 3 is 1.32 bits per heavy atom. The molecule has 0 aromatic rings. The van der Waals surface area contributed by atoms with Crippen LogP contribution in [0.2, 0.25) is 0 Å². The molecule has 0 aliphatic carbocycles. The van der Waals surface area contributed by atoms with Crippen molar-refractivity contribution in [3.63, 3.8) is 0 Å². The molecule has 3 unspecified atom stereocenters. The first-order valence-electron chi connectivity index (χ1n) is 30.9. The molecule has 1 amide bonds. The van der Waals surface area contributed by atoms with Crippen LogP contribution in [-0.2, 0) is 27.9 Å². The molecule has 0 aromatic heterocycles. The van der Waals surface area contributed by atoms with Gasteiger partial charge in [0, 0.05) is 12.8 Å². The lowest BCUT2D eigenvalue weighted by Crippen LogP contribution is -2.47. The van der Waals surface area contributed by atoms with Crippen LogP contribution in [0.3, 0.4) is 0 Å². The van der Waals surface area contributed by atoms with Crippen molar-refractivity contribution in [2.45, 2.75) is 277 Å². The normalized spacial score (nSPS) is 14.3. The van der Waals surface area contributed by atoms with E-state index in [1.807, 2.05) is 33.3 Å². The second-order valence-electron chi connectivity index (χ2n) is 21.9. The van der Waals surface area contributed by atoms with E-state index in [1.165, 1.54) is 116 Å². The third kappa shape index (κ3) is 55.7. The molecule has 2 N–H and O–H groups in total. The van der Waals surface area contributed by atoms with Crippen molar-refractivity contribution in [3.05, 3.63) is 85.1 Å². The molecule has 434 valence electrons. The number of phosphoric acid groups is 1. The fourth-order valence-electron chi connectivity index (χ4n) is 8.50. The van der Waals surface area contributed by atoms with Crippen LogP contribution in [0.4, 0.5) is 0 Å². The number of amides is 1. The van der Waals surface area contributed by atoms with E-state index < -0.39 is 20.0 Å². The van der Waals surface area contributed by atoms with Crippen molar-refractivity contribution in [2.75, 3.05) is 40.9 Å². The van der Waals surface area contributed by atoms with Gasteiger partial charge in [0.25, 0.3) is 0 Å². The van der Waals surface area contributed by atoms with E-state index >= 15 is 0 Å². The number of nitrogens with zero attached hydrogens (tertiary/aromatic N) is 1. The van der Waals surface area contributed by atoms with Crippen molar-refractivity contribution in [1.82, 2.24) is 5.32 Å². The Bertz CT molecular complexity index is 1560. The number of hydrogen-bond donors (Lipinski definition) is 2. The van der Waals surface area contributed by atoms with Crippen molar-refractivity contribution >= 4 is 19.7 Å². The van der Waals surface area contributed by atoms with Crippen LogP contribution in [0.5, 0.6) is 0 Å². The third-order valence-corrected chi connectivity index (χ3v) is 14.3. The fourth-order valence-corrected chi connectivity index (χ4v) is 9.24. The molecule has 0 saturated heterocycles. The summed E-state index contributed by atoms with van der Waals surface area (Å²) in [4.78, 5) is 37.7. The van der Waals surface area contributed by atoms with E-state index in [-0.39, 0.29) is 31.5 Å². The number of ether oxygens (including phenoxy) is 1. The molecule has 0 spiro atoms. The molecule has 75 heavy (non-hydrogen) atoms. The van der Waals surface area contributed by atoms with Gasteiger partial charge in [-0.2, -0.15) is 0 Å². The van der Waals surface area contributed by atoms with Gasteiger partial charge in [0.1, 0.15) is 19.3 Å². The van der Waals surface area contributed by atoms with Crippen LogP contribution < -0.4 is 5.32 Å². The number of unbranched alkanes of at least 4 members (excludes halogenated alkanes) is 28. The van der Waals surface area contributed by atoms with Gasteiger partial charge in [0.15, 0.2) is 0 Å². The van der Waals surface area contributed by atoms with E-state index in [0.717, 1.165) is 116 Å². The summed E-state index contributed by atoms with van der Waals surface area (Å²) >= 11 is 0. The highest BCUT2D eigenvalue weighted by molar-refractivity contribution is 7.47. The maximum absolute atomic E-state index is 13.5. The van der Waals surface area contributed by atoms with Crippen LogP contribution in [0.25, 0.3) is 0 Å². The second kappa shape index (κ2) is 54.5. The van der Waals surface area contributed by atoms with Gasteiger partial charge < -0.3 is 19.4 Å². The van der Waals surface area contributed by atoms with Crippen molar-refractivity contribution in [3.8, 4) is 0 Å². The zero-order valence-electron chi connectivity index (χ0n) is 49.5. The van der Waals surface area contributed by atoms with Gasteiger partial charge in [-0.05, 0) is 102 Å². The number of phosphoric ester groups is 1. The molecule has 0 heterocycles. The zero-order valence-corrected chi connectivity index (χ0v) is 50.4. The molecule has 0 aliphatic rings. The van der Waals surface area contributed by atoms with Gasteiger partial charge in [-0.25, -0.2) is 4.57 Å². The highest BCUT2D eigenvalue weighted by Gasteiger charge is 2.30. The molecule has 0 saturated carbocycles. The maximum atomic E-state index is 13.5. The summed E-state index contributed by atoms with van der Waals surface area (Å²) in [7, 11) is 1.47. The Kier molecular flexibility index (Phi) is 52.5. The monoisotopic (exact) mass is 1070 g/mol. The third-order valence-electron chi connectivity index (χ3n) is 13.3. The lowest BCUT2D eigenvalue weighted by Gasteiger charge is -2.27. The smallest absolute Gasteiger partial charge is 0.456 e. The Balaban J connectivity index is 5.23. The average molecular weight is 1070 g/mol. The first-order chi connectivity index (χ1) is 36.4. The van der Waals surface area contributed by atoms with Gasteiger partial charge >= 0.3 is 13.8 Å². The summed E-state index contributed by atoms with van der Waals surface area (Å²) in [6.45, 7) is 6.93. The standard InChI is InChI=1S/C65H117N2O7P/c1-7-10-13-16-19-22-25-27-29-30-31-32-33-34-35-36-38-40-43-46-49-52-55-58-65(69)74-63(56-53-50-47-44-41-24-21-18-15-12-9-3)62(61-73-75(70,71)72-60-59-67(4,5)6)66-64(68)57-54-51-48-45-42-39-37-28-26-23-20-17-14-11-8-2/h19-20,22-23,26-29,31-32,34-35,53,56,62-63H,7-18,21,24-25,30,33,36-52,54-55,57-61H2,1-6H3,(H-,66,68,70,71)/p+1/b22-19-,23-20+,28-26+,29-27-,32-31-,35-34-,56-53-. The molecular formula is C65H118N2O7P+. The van der Waals surface area contributed by atoms with Crippen LogP contribution >= 0.6 is 7.82 Å². The molecule has 0 rings (SSSR count).